The molecular weight excluding hydrogens is 224 g/mol. The van der Waals surface area contributed by atoms with E-state index in [0.29, 0.717) is 11.5 Å². The van der Waals surface area contributed by atoms with Gasteiger partial charge in [0.05, 0.1) is 0 Å². The highest BCUT2D eigenvalue weighted by atomic mass is 16.6. The summed E-state index contributed by atoms with van der Waals surface area (Å²) in [6, 6.07) is 0. The van der Waals surface area contributed by atoms with E-state index < -0.39 is 5.60 Å². The van der Waals surface area contributed by atoms with Gasteiger partial charge in [0, 0.05) is 16.4 Å². The predicted octanol–water partition coefficient (Wildman–Crippen LogP) is 4.35. The lowest BCUT2D eigenvalue weighted by atomic mass is 9.65. The van der Waals surface area contributed by atoms with E-state index in [1.54, 1.807) is 6.92 Å². The van der Waals surface area contributed by atoms with Crippen molar-refractivity contribution in [3.63, 3.8) is 0 Å². The van der Waals surface area contributed by atoms with Crippen molar-refractivity contribution in [2.45, 2.75) is 66.9 Å². The summed E-state index contributed by atoms with van der Waals surface area (Å²) >= 11 is 0. The molecule has 0 bridgehead atoms. The molecule has 1 saturated carbocycles. The van der Waals surface area contributed by atoms with Gasteiger partial charge in [0.25, 0.3) is 0 Å². The Balaban J connectivity index is 3.25. The van der Waals surface area contributed by atoms with Crippen molar-refractivity contribution in [1.82, 2.24) is 0 Å². The fourth-order valence-electron chi connectivity index (χ4n) is 3.98. The Morgan fingerprint density at radius 1 is 1.33 bits per heavy atom. The van der Waals surface area contributed by atoms with E-state index in [-0.39, 0.29) is 16.8 Å². The van der Waals surface area contributed by atoms with Gasteiger partial charge in [-0.3, -0.25) is 0 Å². The first kappa shape index (κ1) is 15.3. The summed E-state index contributed by atoms with van der Waals surface area (Å²) in [6.45, 7) is 18.7. The molecule has 104 valence electrons. The van der Waals surface area contributed by atoms with E-state index >= 15 is 0 Å². The molecule has 0 saturated heterocycles. The molecule has 2 atom stereocenters. The topological polar surface area (TPSA) is 26.3 Å². The molecule has 0 amide bonds. The van der Waals surface area contributed by atoms with Gasteiger partial charge < -0.3 is 4.74 Å². The second-order valence-electron chi connectivity index (χ2n) is 7.06. The van der Waals surface area contributed by atoms with E-state index in [0.717, 1.165) is 12.8 Å². The molecule has 1 rings (SSSR count). The van der Waals surface area contributed by atoms with Crippen LogP contribution in [0.3, 0.4) is 0 Å². The molecule has 0 spiro atoms. The quantitative estimate of drug-likeness (QED) is 0.551. The Labute approximate surface area is 112 Å². The van der Waals surface area contributed by atoms with E-state index in [9.17, 15) is 4.79 Å². The van der Waals surface area contributed by atoms with Crippen LogP contribution in [0.1, 0.15) is 61.3 Å². The summed E-state index contributed by atoms with van der Waals surface area (Å²) in [5.74, 6) is 0.275. The highest BCUT2D eigenvalue weighted by molar-refractivity contribution is 5.87. The Morgan fingerprint density at radius 3 is 2.11 bits per heavy atom. The molecule has 1 aliphatic rings. The minimum Gasteiger partial charge on any atom is -0.455 e. The van der Waals surface area contributed by atoms with Gasteiger partial charge in [0.15, 0.2) is 0 Å². The average molecular weight is 252 g/mol. The summed E-state index contributed by atoms with van der Waals surface area (Å²) in [4.78, 5) is 12.0. The van der Waals surface area contributed by atoms with Gasteiger partial charge in [-0.25, -0.2) is 4.79 Å². The van der Waals surface area contributed by atoms with E-state index in [1.165, 1.54) is 0 Å². The van der Waals surface area contributed by atoms with Gasteiger partial charge in [-0.05, 0) is 25.7 Å². The van der Waals surface area contributed by atoms with E-state index in [4.69, 9.17) is 4.74 Å². The normalized spacial score (nSPS) is 33.2. The molecular formula is C16H28O2. The predicted molar refractivity (Wildman–Crippen MR) is 75.3 cm³/mol. The summed E-state index contributed by atoms with van der Waals surface area (Å²) in [6.07, 6.45) is 1.92. The maximum Gasteiger partial charge on any atom is 0.333 e. The van der Waals surface area contributed by atoms with Crippen LogP contribution in [0.5, 0.6) is 0 Å². The molecule has 0 N–H and O–H groups in total. The first-order valence-electron chi connectivity index (χ1n) is 6.90. The molecule has 0 aromatic rings. The SMILES string of the molecule is C=C(C)C(=O)OC1(CC)C(C)(C)CC(C)C1(C)C. The van der Waals surface area contributed by atoms with Crippen LogP contribution < -0.4 is 0 Å². The standard InChI is InChI=1S/C16H28O2/c1-9-16(18-13(17)11(2)3)14(5,6)10-12(4)15(16,7)8/h12H,2,9-10H2,1,3-8H3. The van der Waals surface area contributed by atoms with Gasteiger partial charge in [0.2, 0.25) is 0 Å². The average Bonchev–Trinajstić information content (AvgIpc) is 2.35. The molecule has 2 unspecified atom stereocenters. The first-order chi connectivity index (χ1) is 8.02. The number of ether oxygens (including phenoxy) is 1. The second kappa shape index (κ2) is 4.40. The third-order valence-electron chi connectivity index (χ3n) is 5.30. The summed E-state index contributed by atoms with van der Waals surface area (Å²) < 4.78 is 5.97. The van der Waals surface area contributed by atoms with Gasteiger partial charge in [-0.15, -0.1) is 0 Å². The molecule has 2 heteroatoms. The zero-order valence-electron chi connectivity index (χ0n) is 13.0. The highest BCUT2D eigenvalue weighted by Gasteiger charge is 2.64. The smallest absolute Gasteiger partial charge is 0.333 e. The zero-order valence-corrected chi connectivity index (χ0v) is 13.0. The summed E-state index contributed by atoms with van der Waals surface area (Å²) in [5.41, 5.74) is 0.0516. The van der Waals surface area contributed by atoms with Crippen molar-refractivity contribution in [2.24, 2.45) is 16.7 Å². The fourth-order valence-corrected chi connectivity index (χ4v) is 3.98. The highest BCUT2D eigenvalue weighted by Crippen LogP contribution is 2.62. The van der Waals surface area contributed by atoms with Crippen LogP contribution >= 0.6 is 0 Å². The Hall–Kier alpha value is -0.790. The number of esters is 1. The van der Waals surface area contributed by atoms with E-state index in [1.807, 2.05) is 0 Å². The Morgan fingerprint density at radius 2 is 1.83 bits per heavy atom. The minimum atomic E-state index is -0.407. The van der Waals surface area contributed by atoms with Crippen molar-refractivity contribution in [3.8, 4) is 0 Å². The number of hydrogen-bond acceptors (Lipinski definition) is 2. The molecule has 0 radical (unpaired) electrons. The van der Waals surface area contributed by atoms with Gasteiger partial charge >= 0.3 is 5.97 Å². The van der Waals surface area contributed by atoms with Crippen LogP contribution in [0.15, 0.2) is 12.2 Å². The first-order valence-corrected chi connectivity index (χ1v) is 6.90. The molecule has 0 aliphatic heterocycles. The lowest BCUT2D eigenvalue weighted by Crippen LogP contribution is -2.53. The van der Waals surface area contributed by atoms with E-state index in [2.05, 4.69) is 48.1 Å². The number of rotatable bonds is 3. The van der Waals surface area contributed by atoms with Crippen LogP contribution in [-0.2, 0) is 9.53 Å². The molecule has 18 heavy (non-hydrogen) atoms. The number of carbonyl (C=O) groups excluding carboxylic acids is 1. The van der Waals surface area contributed by atoms with Crippen LogP contribution in [0.25, 0.3) is 0 Å². The fraction of sp³-hybridized carbons (Fsp3) is 0.812. The maximum atomic E-state index is 12.0. The largest absolute Gasteiger partial charge is 0.455 e. The lowest BCUT2D eigenvalue weighted by molar-refractivity contribution is -0.186. The molecule has 1 fully saturated rings. The lowest BCUT2D eigenvalue weighted by Gasteiger charge is -2.48. The summed E-state index contributed by atoms with van der Waals surface area (Å²) in [5, 5.41) is 0. The Kier molecular flexibility index (Phi) is 3.73. The van der Waals surface area contributed by atoms with Crippen LogP contribution in [0.4, 0.5) is 0 Å². The van der Waals surface area contributed by atoms with Crippen molar-refractivity contribution < 1.29 is 9.53 Å². The zero-order chi connectivity index (χ0) is 14.4. The van der Waals surface area contributed by atoms with Gasteiger partial charge in [-0.2, -0.15) is 0 Å². The molecule has 1 aliphatic carbocycles. The number of hydrogen-bond donors (Lipinski definition) is 0. The van der Waals surface area contributed by atoms with Crippen molar-refractivity contribution in [2.75, 3.05) is 0 Å². The third kappa shape index (κ3) is 1.90. The molecule has 0 aromatic heterocycles. The van der Waals surface area contributed by atoms with Crippen LogP contribution in [-0.4, -0.2) is 11.6 Å². The molecule has 2 nitrogen and oxygen atoms in total. The van der Waals surface area contributed by atoms with Crippen LogP contribution in [0, 0.1) is 16.7 Å². The monoisotopic (exact) mass is 252 g/mol. The maximum absolute atomic E-state index is 12.0. The van der Waals surface area contributed by atoms with Gasteiger partial charge in [-0.1, -0.05) is 48.1 Å². The number of carbonyl (C=O) groups is 1. The second-order valence-corrected chi connectivity index (χ2v) is 7.06. The van der Waals surface area contributed by atoms with Crippen LogP contribution in [0.2, 0.25) is 0 Å². The molecule has 0 heterocycles. The van der Waals surface area contributed by atoms with Crippen molar-refractivity contribution in [1.29, 1.82) is 0 Å². The van der Waals surface area contributed by atoms with Gasteiger partial charge in [0.1, 0.15) is 5.60 Å². The van der Waals surface area contributed by atoms with Crippen molar-refractivity contribution >= 4 is 5.97 Å². The summed E-state index contributed by atoms with van der Waals surface area (Å²) in [7, 11) is 0. The Bertz CT molecular complexity index is 365. The minimum absolute atomic E-state index is 0.00419. The van der Waals surface area contributed by atoms with Crippen molar-refractivity contribution in [3.05, 3.63) is 12.2 Å². The third-order valence-corrected chi connectivity index (χ3v) is 5.30. The molecule has 0 aromatic carbocycles.